The van der Waals surface area contributed by atoms with Crippen molar-refractivity contribution in [2.24, 2.45) is 5.73 Å². The van der Waals surface area contributed by atoms with Gasteiger partial charge in [-0.25, -0.2) is 0 Å². The van der Waals surface area contributed by atoms with E-state index >= 15 is 0 Å². The lowest BCUT2D eigenvalue weighted by Crippen LogP contribution is -2.41. The van der Waals surface area contributed by atoms with Gasteiger partial charge < -0.3 is 20.8 Å². The molecule has 1 aliphatic rings. The van der Waals surface area contributed by atoms with Gasteiger partial charge >= 0.3 is 0 Å². The first-order chi connectivity index (χ1) is 13.1. The molecule has 2 aromatic heterocycles. The molecule has 1 fully saturated rings. The number of benzene rings is 1. The number of nitrogens with one attached hydrogen (secondary N) is 3. The van der Waals surface area contributed by atoms with Crippen molar-refractivity contribution in [2.75, 3.05) is 38.2 Å². The highest BCUT2D eigenvalue weighted by atomic mass is 35.5. The number of morpholine rings is 1. The molecule has 1 aromatic carbocycles. The molecule has 4 rings (SSSR count). The fourth-order valence-electron chi connectivity index (χ4n) is 3.00. The molecule has 1 saturated heterocycles. The first kappa shape index (κ1) is 19.1. The second-order valence-corrected chi connectivity index (χ2v) is 6.53. The molecule has 3 heterocycles. The Morgan fingerprint density at radius 1 is 1.41 bits per heavy atom. The van der Waals surface area contributed by atoms with Crippen LogP contribution in [-0.2, 0) is 9.53 Å². The van der Waals surface area contributed by atoms with Crippen LogP contribution in [0.3, 0.4) is 0 Å². The number of amidine groups is 1. The highest BCUT2D eigenvalue weighted by Gasteiger charge is 2.10. The maximum absolute atomic E-state index is 10.6. The first-order valence-corrected chi connectivity index (χ1v) is 8.84. The van der Waals surface area contributed by atoms with Gasteiger partial charge in [0.15, 0.2) is 0 Å². The number of nitrogens with zero attached hydrogens (tertiary/aromatic N) is 2. The number of pyridine rings is 1. The number of carbonyl (C=O) groups excluding carboxylic acids is 1. The molecule has 5 N–H and O–H groups in total. The Balaban J connectivity index is 0.000000180. The van der Waals surface area contributed by atoms with Crippen molar-refractivity contribution >= 4 is 51.3 Å². The van der Waals surface area contributed by atoms with Crippen molar-refractivity contribution in [3.8, 4) is 0 Å². The van der Waals surface area contributed by atoms with Crippen molar-refractivity contribution in [3.63, 3.8) is 0 Å². The summed E-state index contributed by atoms with van der Waals surface area (Å²) < 4.78 is 5.13. The van der Waals surface area contributed by atoms with E-state index in [0.29, 0.717) is 23.7 Å². The minimum absolute atomic E-state index is 0.238. The van der Waals surface area contributed by atoms with Gasteiger partial charge in [-0.2, -0.15) is 0 Å². The third kappa shape index (κ3) is 4.73. The van der Waals surface area contributed by atoms with Crippen molar-refractivity contribution in [1.82, 2.24) is 14.9 Å². The highest BCUT2D eigenvalue weighted by Crippen LogP contribution is 2.32. The third-order valence-corrected chi connectivity index (χ3v) is 4.40. The Hall–Kier alpha value is -2.68. The largest absolute Gasteiger partial charge is 0.387 e. The van der Waals surface area contributed by atoms with Gasteiger partial charge in [-0.1, -0.05) is 11.6 Å². The van der Waals surface area contributed by atoms with E-state index in [0.717, 1.165) is 48.1 Å². The predicted octanol–water partition coefficient (Wildman–Crippen LogP) is 2.19. The number of rotatable bonds is 4. The topological polar surface area (TPSA) is 120 Å². The van der Waals surface area contributed by atoms with Crippen LogP contribution in [0.2, 0.25) is 5.02 Å². The van der Waals surface area contributed by atoms with E-state index in [4.69, 9.17) is 27.5 Å². The summed E-state index contributed by atoms with van der Waals surface area (Å²) in [5, 5.41) is 12.2. The average molecular weight is 389 g/mol. The minimum atomic E-state index is 0.238. The number of hydrogen-bond donors (Lipinski definition) is 4. The number of hydrogen-bond acceptors (Lipinski definition) is 5. The van der Waals surface area contributed by atoms with Crippen LogP contribution >= 0.6 is 11.6 Å². The third-order valence-electron chi connectivity index (χ3n) is 4.19. The van der Waals surface area contributed by atoms with Gasteiger partial charge in [0.1, 0.15) is 5.84 Å². The van der Waals surface area contributed by atoms with Crippen LogP contribution in [0.5, 0.6) is 0 Å². The monoisotopic (exact) mass is 388 g/mol. The zero-order valence-corrected chi connectivity index (χ0v) is 15.4. The lowest BCUT2D eigenvalue weighted by molar-refractivity contribution is -0.105. The van der Waals surface area contributed by atoms with Gasteiger partial charge in [0.2, 0.25) is 6.41 Å². The van der Waals surface area contributed by atoms with E-state index in [1.165, 1.54) is 0 Å². The Bertz CT molecular complexity index is 952. The standard InChI is InChI=1S/C12H8ClN3O.C6H13N3O/c13-7-3-9-8-1-2-14-5-11(8)16-12(9)10(4-7)15-6-17;7-6(8)5-9-1-3-10-4-2-9/h1-6,16H,(H,15,17);1-5H2,(H3,7,8). The average Bonchev–Trinajstić information content (AvgIpc) is 3.02. The van der Waals surface area contributed by atoms with Gasteiger partial charge in [-0.05, 0) is 18.2 Å². The lowest BCUT2D eigenvalue weighted by Gasteiger charge is -2.25. The number of carbonyl (C=O) groups is 1. The number of amides is 1. The van der Waals surface area contributed by atoms with Crippen LogP contribution in [0, 0.1) is 5.41 Å². The second kappa shape index (κ2) is 8.81. The van der Waals surface area contributed by atoms with Crippen LogP contribution in [0.1, 0.15) is 0 Å². The summed E-state index contributed by atoms with van der Waals surface area (Å²) in [6.45, 7) is 3.93. The second-order valence-electron chi connectivity index (χ2n) is 6.10. The van der Waals surface area contributed by atoms with Gasteiger partial charge in [0, 0.05) is 35.1 Å². The maximum Gasteiger partial charge on any atom is 0.211 e. The van der Waals surface area contributed by atoms with E-state index in [2.05, 4.69) is 20.2 Å². The SMILES string of the molecule is N=C(N)CN1CCOCC1.O=CNc1cc(Cl)cc2c1[nH]c1cnccc12. The van der Waals surface area contributed by atoms with Gasteiger partial charge in [-0.3, -0.25) is 20.1 Å². The molecule has 0 bridgehead atoms. The van der Waals surface area contributed by atoms with Crippen molar-refractivity contribution in [1.29, 1.82) is 5.41 Å². The summed E-state index contributed by atoms with van der Waals surface area (Å²) in [4.78, 5) is 19.9. The Kier molecular flexibility index (Phi) is 6.23. The quantitative estimate of drug-likeness (QED) is 0.310. The molecule has 0 saturated carbocycles. The van der Waals surface area contributed by atoms with Crippen molar-refractivity contribution < 1.29 is 9.53 Å². The van der Waals surface area contributed by atoms with Crippen LogP contribution in [-0.4, -0.2) is 60.0 Å². The molecule has 0 radical (unpaired) electrons. The number of nitrogens with two attached hydrogens (primary N) is 1. The number of ether oxygens (including phenoxy) is 1. The van der Waals surface area contributed by atoms with Crippen molar-refractivity contribution in [3.05, 3.63) is 35.6 Å². The zero-order chi connectivity index (χ0) is 19.2. The predicted molar refractivity (Wildman–Crippen MR) is 107 cm³/mol. The fourth-order valence-corrected chi connectivity index (χ4v) is 3.21. The molecule has 142 valence electrons. The smallest absolute Gasteiger partial charge is 0.211 e. The number of aromatic amines is 1. The summed E-state index contributed by atoms with van der Waals surface area (Å²) >= 11 is 6.03. The summed E-state index contributed by atoms with van der Waals surface area (Å²) in [6, 6.07) is 5.49. The normalized spacial score (nSPS) is 14.6. The van der Waals surface area contributed by atoms with Gasteiger partial charge in [0.05, 0.1) is 42.7 Å². The fraction of sp³-hybridized carbons (Fsp3) is 0.278. The minimum Gasteiger partial charge on any atom is -0.387 e. The summed E-state index contributed by atoms with van der Waals surface area (Å²) in [5.41, 5.74) is 7.66. The number of H-pyrrole nitrogens is 1. The Labute approximate surface area is 161 Å². The van der Waals surface area contributed by atoms with Gasteiger partial charge in [-0.15, -0.1) is 0 Å². The Morgan fingerprint density at radius 2 is 2.19 bits per heavy atom. The molecule has 3 aromatic rings. The number of aromatic nitrogens is 2. The summed E-state index contributed by atoms with van der Waals surface area (Å²) in [6.07, 6.45) is 4.10. The maximum atomic E-state index is 10.6. The number of fused-ring (bicyclic) bond motifs is 3. The molecular formula is C18H21ClN6O2. The van der Waals surface area contributed by atoms with E-state index in [-0.39, 0.29) is 5.84 Å². The van der Waals surface area contributed by atoms with Gasteiger partial charge in [0.25, 0.3) is 0 Å². The van der Waals surface area contributed by atoms with Crippen LogP contribution in [0.25, 0.3) is 21.8 Å². The zero-order valence-electron chi connectivity index (χ0n) is 14.7. The van der Waals surface area contributed by atoms with Crippen molar-refractivity contribution in [2.45, 2.75) is 0 Å². The van der Waals surface area contributed by atoms with E-state index in [9.17, 15) is 4.79 Å². The summed E-state index contributed by atoms with van der Waals surface area (Å²) in [7, 11) is 0. The Morgan fingerprint density at radius 3 is 2.89 bits per heavy atom. The molecule has 0 atom stereocenters. The van der Waals surface area contributed by atoms with E-state index < -0.39 is 0 Å². The molecular weight excluding hydrogens is 368 g/mol. The first-order valence-electron chi connectivity index (χ1n) is 8.46. The number of anilines is 1. The molecule has 8 nitrogen and oxygen atoms in total. The molecule has 0 spiro atoms. The number of halogens is 1. The van der Waals surface area contributed by atoms with E-state index in [1.54, 1.807) is 18.5 Å². The lowest BCUT2D eigenvalue weighted by atomic mass is 10.1. The molecule has 0 aliphatic carbocycles. The van der Waals surface area contributed by atoms with E-state index in [1.807, 2.05) is 12.1 Å². The highest BCUT2D eigenvalue weighted by molar-refractivity contribution is 6.32. The molecule has 0 unspecified atom stereocenters. The molecule has 9 heteroatoms. The van der Waals surface area contributed by atoms with Crippen LogP contribution < -0.4 is 11.1 Å². The van der Waals surface area contributed by atoms with Crippen LogP contribution in [0.15, 0.2) is 30.6 Å². The molecule has 1 amide bonds. The van der Waals surface area contributed by atoms with Crippen LogP contribution in [0.4, 0.5) is 5.69 Å². The molecule has 1 aliphatic heterocycles. The summed E-state index contributed by atoms with van der Waals surface area (Å²) in [5.74, 6) is 0.238. The molecule has 27 heavy (non-hydrogen) atoms.